The van der Waals surface area contributed by atoms with Crippen molar-refractivity contribution < 1.29 is 9.90 Å². The topological polar surface area (TPSA) is 75.3 Å². The minimum atomic E-state index is -0.940. The van der Waals surface area contributed by atoms with Gasteiger partial charge in [0.2, 0.25) is 0 Å². The monoisotopic (exact) mass is 156 g/mol. The molecule has 0 amide bonds. The van der Waals surface area contributed by atoms with E-state index in [1.54, 1.807) is 0 Å². The highest BCUT2D eigenvalue weighted by Gasteiger charge is 2.12. The zero-order valence-corrected chi connectivity index (χ0v) is 6.21. The number of aliphatic carboxylic acids is 1. The van der Waals surface area contributed by atoms with Gasteiger partial charge in [0.25, 0.3) is 0 Å². The van der Waals surface area contributed by atoms with Gasteiger partial charge in [-0.05, 0) is 0 Å². The lowest BCUT2D eigenvalue weighted by Gasteiger charge is -2.09. The fraction of sp³-hybridized carbons (Fsp3) is 0.571. The normalized spacial score (nSPS) is 12.0. The lowest BCUT2D eigenvalue weighted by Crippen LogP contribution is -2.42. The zero-order chi connectivity index (χ0) is 8.69. The second-order valence-corrected chi connectivity index (χ2v) is 2.03. The third-order valence-electron chi connectivity index (χ3n) is 1.19. The minimum absolute atomic E-state index is 0.0832. The lowest BCUT2D eigenvalue weighted by atomic mass is 10.3. The number of hydrogen-bond donors (Lipinski definition) is 3. The van der Waals surface area contributed by atoms with Crippen LogP contribution in [0.5, 0.6) is 0 Å². The van der Waals surface area contributed by atoms with Crippen LogP contribution in [0.25, 0.3) is 0 Å². The Morgan fingerprint density at radius 1 is 1.82 bits per heavy atom. The maximum Gasteiger partial charge on any atom is 0.322 e. The van der Waals surface area contributed by atoms with Gasteiger partial charge >= 0.3 is 5.97 Å². The number of nitrogens with two attached hydrogens (primary N) is 1. The molecule has 0 aliphatic carbocycles. The highest BCUT2D eigenvalue weighted by atomic mass is 16.4. The van der Waals surface area contributed by atoms with E-state index in [0.717, 1.165) is 0 Å². The number of carboxylic acid groups (broad SMARTS) is 1. The summed E-state index contributed by atoms with van der Waals surface area (Å²) < 4.78 is 0. The average Bonchev–Trinajstić information content (AvgIpc) is 1.97. The van der Waals surface area contributed by atoms with Gasteiger partial charge in [-0.2, -0.15) is 0 Å². The molecule has 0 aliphatic rings. The molecule has 62 valence electrons. The fourth-order valence-electron chi connectivity index (χ4n) is 0.590. The van der Waals surface area contributed by atoms with E-state index in [9.17, 15) is 4.79 Å². The van der Waals surface area contributed by atoms with E-state index in [1.807, 2.05) is 0 Å². The number of hydrogen-bond acceptors (Lipinski definition) is 3. The molecule has 1 unspecified atom stereocenters. The molecule has 4 nitrogen and oxygen atoms in total. The van der Waals surface area contributed by atoms with Gasteiger partial charge in [0.05, 0.1) is 0 Å². The van der Waals surface area contributed by atoms with E-state index >= 15 is 0 Å². The van der Waals surface area contributed by atoms with Crippen LogP contribution in [0.3, 0.4) is 0 Å². The van der Waals surface area contributed by atoms with Crippen molar-refractivity contribution in [1.29, 1.82) is 0 Å². The van der Waals surface area contributed by atoms with Crippen molar-refractivity contribution in [2.45, 2.75) is 12.5 Å². The number of rotatable bonds is 5. The molecule has 0 saturated carbocycles. The molecule has 0 spiro atoms. The van der Waals surface area contributed by atoms with E-state index in [2.05, 4.69) is 11.2 Å². The Bertz CT molecular complexity index is 162. The number of nitrogens with one attached hydrogen (secondary N) is 1. The summed E-state index contributed by atoms with van der Waals surface area (Å²) in [5.74, 6) is 1.45. The molecule has 0 saturated heterocycles. The van der Waals surface area contributed by atoms with Gasteiger partial charge in [0.1, 0.15) is 6.04 Å². The number of terminal acetylenes is 1. The van der Waals surface area contributed by atoms with Crippen molar-refractivity contribution in [3.8, 4) is 12.3 Å². The maximum absolute atomic E-state index is 10.3. The lowest BCUT2D eigenvalue weighted by molar-refractivity contribution is -0.139. The molecule has 0 radical (unpaired) electrons. The summed E-state index contributed by atoms with van der Waals surface area (Å²) >= 11 is 0. The molecule has 4 N–H and O–H groups in total. The van der Waals surface area contributed by atoms with Gasteiger partial charge < -0.3 is 16.2 Å². The van der Waals surface area contributed by atoms with E-state index in [4.69, 9.17) is 17.3 Å². The molecule has 4 heteroatoms. The second-order valence-electron chi connectivity index (χ2n) is 2.03. The fourth-order valence-corrected chi connectivity index (χ4v) is 0.590. The van der Waals surface area contributed by atoms with E-state index in [1.165, 1.54) is 0 Å². The van der Waals surface area contributed by atoms with Crippen LogP contribution in [0.2, 0.25) is 0 Å². The first kappa shape index (κ1) is 9.95. The van der Waals surface area contributed by atoms with Crippen molar-refractivity contribution in [3.05, 3.63) is 0 Å². The third kappa shape index (κ3) is 4.37. The molecular formula is C7H12N2O2. The SMILES string of the molecule is C#CCCNC(CN)C(=O)O. The zero-order valence-electron chi connectivity index (χ0n) is 6.21. The van der Waals surface area contributed by atoms with Crippen molar-refractivity contribution >= 4 is 5.97 Å². The summed E-state index contributed by atoms with van der Waals surface area (Å²) in [6, 6.07) is -0.677. The Morgan fingerprint density at radius 3 is 2.82 bits per heavy atom. The van der Waals surface area contributed by atoms with Gasteiger partial charge in [-0.3, -0.25) is 4.79 Å². The van der Waals surface area contributed by atoms with Crippen molar-refractivity contribution in [1.82, 2.24) is 5.32 Å². The van der Waals surface area contributed by atoms with Gasteiger partial charge in [-0.1, -0.05) is 0 Å². The molecule has 0 aromatic heterocycles. The van der Waals surface area contributed by atoms with Gasteiger partial charge in [-0.25, -0.2) is 0 Å². The molecule has 0 aromatic carbocycles. The predicted molar refractivity (Wildman–Crippen MR) is 41.9 cm³/mol. The highest BCUT2D eigenvalue weighted by molar-refractivity contribution is 5.73. The first-order valence-corrected chi connectivity index (χ1v) is 3.32. The van der Waals surface area contributed by atoms with Crippen LogP contribution in [0.4, 0.5) is 0 Å². The molecular weight excluding hydrogens is 144 g/mol. The molecule has 1 atom stereocenters. The quantitative estimate of drug-likeness (QED) is 0.353. The van der Waals surface area contributed by atoms with Crippen molar-refractivity contribution in [3.63, 3.8) is 0 Å². The molecule has 0 heterocycles. The standard InChI is InChI=1S/C7H12N2O2/c1-2-3-4-9-6(5-8)7(10)11/h1,6,9H,3-5,8H2,(H,10,11). The van der Waals surface area contributed by atoms with Crippen LogP contribution in [0.15, 0.2) is 0 Å². The Kier molecular flexibility index (Phi) is 5.17. The Labute approximate surface area is 65.8 Å². The predicted octanol–water partition coefficient (Wildman–Crippen LogP) is -0.989. The first-order valence-electron chi connectivity index (χ1n) is 3.32. The number of carbonyl (C=O) groups is 1. The Hall–Kier alpha value is -1.05. The molecule has 0 fully saturated rings. The largest absolute Gasteiger partial charge is 0.480 e. The van der Waals surface area contributed by atoms with Gasteiger partial charge in [0, 0.05) is 19.5 Å². The van der Waals surface area contributed by atoms with Gasteiger partial charge in [0.15, 0.2) is 0 Å². The summed E-state index contributed by atoms with van der Waals surface area (Å²) in [7, 11) is 0. The van der Waals surface area contributed by atoms with E-state index in [0.29, 0.717) is 13.0 Å². The van der Waals surface area contributed by atoms with E-state index < -0.39 is 12.0 Å². The van der Waals surface area contributed by atoms with Crippen LogP contribution in [0, 0.1) is 12.3 Å². The summed E-state index contributed by atoms with van der Waals surface area (Å²) in [4.78, 5) is 10.3. The van der Waals surface area contributed by atoms with Gasteiger partial charge in [-0.15, -0.1) is 12.3 Å². The van der Waals surface area contributed by atoms with Crippen molar-refractivity contribution in [2.75, 3.05) is 13.1 Å². The van der Waals surface area contributed by atoms with Crippen LogP contribution < -0.4 is 11.1 Å². The third-order valence-corrected chi connectivity index (χ3v) is 1.19. The summed E-state index contributed by atoms with van der Waals surface area (Å²) in [5, 5.41) is 11.2. The maximum atomic E-state index is 10.3. The smallest absolute Gasteiger partial charge is 0.322 e. The highest BCUT2D eigenvalue weighted by Crippen LogP contribution is 1.80. The number of carboxylic acids is 1. The average molecular weight is 156 g/mol. The van der Waals surface area contributed by atoms with E-state index in [-0.39, 0.29) is 6.54 Å². The summed E-state index contributed by atoms with van der Waals surface area (Å²) in [6.07, 6.45) is 5.48. The molecule has 0 rings (SSSR count). The Morgan fingerprint density at radius 2 is 2.45 bits per heavy atom. The van der Waals surface area contributed by atoms with Crippen LogP contribution in [-0.4, -0.2) is 30.2 Å². The first-order chi connectivity index (χ1) is 5.22. The summed E-state index contributed by atoms with van der Waals surface area (Å²) in [6.45, 7) is 0.574. The van der Waals surface area contributed by atoms with Crippen molar-refractivity contribution in [2.24, 2.45) is 5.73 Å². The van der Waals surface area contributed by atoms with Crippen LogP contribution in [-0.2, 0) is 4.79 Å². The van der Waals surface area contributed by atoms with Crippen LogP contribution in [0.1, 0.15) is 6.42 Å². The Balaban J connectivity index is 3.54. The molecule has 11 heavy (non-hydrogen) atoms. The molecule has 0 bridgehead atoms. The summed E-state index contributed by atoms with van der Waals surface area (Å²) in [5.41, 5.74) is 5.16. The molecule has 0 aliphatic heterocycles. The second kappa shape index (κ2) is 5.71. The van der Waals surface area contributed by atoms with Crippen LogP contribution >= 0.6 is 0 Å². The minimum Gasteiger partial charge on any atom is -0.480 e. The molecule has 0 aromatic rings.